The van der Waals surface area contributed by atoms with Crippen LogP contribution >= 0.6 is 0 Å². The van der Waals surface area contributed by atoms with E-state index in [4.69, 9.17) is 5.11 Å². The molecule has 7 heteroatoms. The minimum Gasteiger partial charge on any atom is -0.481 e. The van der Waals surface area contributed by atoms with Crippen LogP contribution in [-0.4, -0.2) is 27.9 Å². The Morgan fingerprint density at radius 3 is 2.60 bits per heavy atom. The number of aliphatic carboxylic acids is 1. The molecule has 1 atom stereocenters. The predicted octanol–water partition coefficient (Wildman–Crippen LogP) is 1.89. The molecule has 0 saturated heterocycles. The number of carboxylic acids is 1. The molecular weight excluding hydrogens is 264 g/mol. The van der Waals surface area contributed by atoms with E-state index in [1.807, 2.05) is 0 Å². The van der Waals surface area contributed by atoms with Crippen molar-refractivity contribution in [3.8, 4) is 0 Å². The van der Waals surface area contributed by atoms with Crippen molar-refractivity contribution in [3.05, 3.63) is 39.4 Å². The zero-order valence-electron chi connectivity index (χ0n) is 11.3. The first kappa shape index (κ1) is 15.6. The molecule has 0 heterocycles. The number of aryl methyl sites for hydroxylation is 1. The van der Waals surface area contributed by atoms with Gasteiger partial charge in [0.1, 0.15) is 0 Å². The van der Waals surface area contributed by atoms with E-state index in [1.54, 1.807) is 13.8 Å². The van der Waals surface area contributed by atoms with Gasteiger partial charge in [-0.15, -0.1) is 0 Å². The smallest absolute Gasteiger partial charge is 0.305 e. The minimum atomic E-state index is -1.01. The van der Waals surface area contributed by atoms with E-state index in [9.17, 15) is 19.7 Å². The number of nitrogens with zero attached hydrogens (tertiary/aromatic N) is 1. The minimum absolute atomic E-state index is 0.135. The standard InChI is InChI=1S/C13H16N2O5/c1-3-10(7-12(16)17)14-13(18)9-5-4-8(2)11(6-9)15(19)20/h4-6,10H,3,7H2,1-2H3,(H,14,18)(H,16,17). The topological polar surface area (TPSA) is 110 Å². The Bertz CT molecular complexity index is 542. The largest absolute Gasteiger partial charge is 0.481 e. The van der Waals surface area contributed by atoms with Gasteiger partial charge < -0.3 is 10.4 Å². The molecule has 2 N–H and O–H groups in total. The number of nitro groups is 1. The van der Waals surface area contributed by atoms with Crippen molar-refractivity contribution in [2.45, 2.75) is 32.7 Å². The number of carbonyl (C=O) groups is 2. The van der Waals surface area contributed by atoms with Crippen LogP contribution in [0.2, 0.25) is 0 Å². The third-order valence-electron chi connectivity index (χ3n) is 2.92. The van der Waals surface area contributed by atoms with Crippen molar-refractivity contribution in [2.24, 2.45) is 0 Å². The van der Waals surface area contributed by atoms with Gasteiger partial charge in [-0.2, -0.15) is 0 Å². The van der Waals surface area contributed by atoms with Crippen molar-refractivity contribution in [3.63, 3.8) is 0 Å². The zero-order chi connectivity index (χ0) is 15.3. The van der Waals surface area contributed by atoms with Gasteiger partial charge in [0, 0.05) is 23.2 Å². The predicted molar refractivity (Wildman–Crippen MR) is 71.6 cm³/mol. The fourth-order valence-corrected chi connectivity index (χ4v) is 1.72. The number of benzene rings is 1. The third kappa shape index (κ3) is 4.04. The maximum atomic E-state index is 12.0. The average Bonchev–Trinajstić information content (AvgIpc) is 2.37. The molecule has 1 unspecified atom stereocenters. The van der Waals surface area contributed by atoms with Crippen LogP contribution in [0.3, 0.4) is 0 Å². The summed E-state index contributed by atoms with van der Waals surface area (Å²) in [5.41, 5.74) is 0.471. The van der Waals surface area contributed by atoms with Crippen molar-refractivity contribution < 1.29 is 19.6 Å². The lowest BCUT2D eigenvalue weighted by atomic mass is 10.1. The maximum absolute atomic E-state index is 12.0. The summed E-state index contributed by atoms with van der Waals surface area (Å²) in [7, 11) is 0. The molecule has 1 aromatic rings. The van der Waals surface area contributed by atoms with Crippen LogP contribution in [-0.2, 0) is 4.79 Å². The van der Waals surface area contributed by atoms with Gasteiger partial charge in [-0.3, -0.25) is 19.7 Å². The van der Waals surface area contributed by atoms with E-state index in [1.165, 1.54) is 18.2 Å². The molecule has 0 saturated carbocycles. The Hall–Kier alpha value is -2.44. The quantitative estimate of drug-likeness (QED) is 0.610. The van der Waals surface area contributed by atoms with E-state index < -0.39 is 22.8 Å². The fourth-order valence-electron chi connectivity index (χ4n) is 1.72. The number of hydrogen-bond donors (Lipinski definition) is 2. The first-order valence-corrected chi connectivity index (χ1v) is 6.12. The fraction of sp³-hybridized carbons (Fsp3) is 0.385. The average molecular weight is 280 g/mol. The zero-order valence-corrected chi connectivity index (χ0v) is 11.3. The number of nitrogens with one attached hydrogen (secondary N) is 1. The van der Waals surface area contributed by atoms with E-state index in [0.717, 1.165) is 0 Å². The second-order valence-electron chi connectivity index (χ2n) is 4.43. The first-order chi connectivity index (χ1) is 9.35. The molecule has 0 radical (unpaired) electrons. The van der Waals surface area contributed by atoms with Crippen LogP contribution in [0.25, 0.3) is 0 Å². The maximum Gasteiger partial charge on any atom is 0.305 e. The highest BCUT2D eigenvalue weighted by molar-refractivity contribution is 5.95. The summed E-state index contributed by atoms with van der Waals surface area (Å²) in [5, 5.41) is 22.1. The van der Waals surface area contributed by atoms with E-state index in [-0.39, 0.29) is 17.7 Å². The highest BCUT2D eigenvalue weighted by Gasteiger charge is 2.18. The number of carboxylic acid groups (broad SMARTS) is 1. The van der Waals surface area contributed by atoms with Crippen molar-refractivity contribution >= 4 is 17.6 Å². The summed E-state index contributed by atoms with van der Waals surface area (Å²) in [6, 6.07) is 3.66. The van der Waals surface area contributed by atoms with Crippen molar-refractivity contribution in [1.82, 2.24) is 5.32 Å². The molecule has 0 aliphatic rings. The lowest BCUT2D eigenvalue weighted by molar-refractivity contribution is -0.385. The molecule has 7 nitrogen and oxygen atoms in total. The Labute approximate surface area is 115 Å². The molecule has 1 rings (SSSR count). The molecule has 0 bridgehead atoms. The molecule has 0 fully saturated rings. The second-order valence-corrected chi connectivity index (χ2v) is 4.43. The van der Waals surface area contributed by atoms with Gasteiger partial charge in [-0.25, -0.2) is 0 Å². The second kappa shape index (κ2) is 6.65. The van der Waals surface area contributed by atoms with Gasteiger partial charge in [0.05, 0.1) is 11.3 Å². The SMILES string of the molecule is CCC(CC(=O)O)NC(=O)c1ccc(C)c([N+](=O)[O-])c1. The van der Waals surface area contributed by atoms with E-state index in [0.29, 0.717) is 12.0 Å². The van der Waals surface area contributed by atoms with Crippen LogP contribution in [0.5, 0.6) is 0 Å². The van der Waals surface area contributed by atoms with Crippen molar-refractivity contribution in [2.75, 3.05) is 0 Å². The molecule has 1 aromatic carbocycles. The molecule has 108 valence electrons. The normalized spacial score (nSPS) is 11.7. The van der Waals surface area contributed by atoms with Gasteiger partial charge in [-0.1, -0.05) is 13.0 Å². The Balaban J connectivity index is 2.89. The number of rotatable bonds is 6. The summed E-state index contributed by atoms with van der Waals surface area (Å²) in [6.07, 6.45) is 0.280. The Morgan fingerprint density at radius 2 is 2.10 bits per heavy atom. The number of amides is 1. The van der Waals surface area contributed by atoms with Crippen LogP contribution < -0.4 is 5.32 Å². The third-order valence-corrected chi connectivity index (χ3v) is 2.92. The van der Waals surface area contributed by atoms with Gasteiger partial charge in [0.2, 0.25) is 0 Å². The van der Waals surface area contributed by atoms with Gasteiger partial charge in [0.25, 0.3) is 11.6 Å². The Kier molecular flexibility index (Phi) is 5.19. The van der Waals surface area contributed by atoms with E-state index >= 15 is 0 Å². The van der Waals surface area contributed by atoms with Gasteiger partial charge in [0.15, 0.2) is 0 Å². The molecule has 20 heavy (non-hydrogen) atoms. The lowest BCUT2D eigenvalue weighted by Gasteiger charge is -2.14. The lowest BCUT2D eigenvalue weighted by Crippen LogP contribution is -2.36. The molecular formula is C13H16N2O5. The van der Waals surface area contributed by atoms with Crippen LogP contribution in [0.4, 0.5) is 5.69 Å². The van der Waals surface area contributed by atoms with Crippen LogP contribution in [0.1, 0.15) is 35.7 Å². The molecule has 0 aliphatic carbocycles. The van der Waals surface area contributed by atoms with Crippen molar-refractivity contribution in [1.29, 1.82) is 0 Å². The highest BCUT2D eigenvalue weighted by atomic mass is 16.6. The molecule has 0 spiro atoms. The molecule has 0 aromatic heterocycles. The van der Waals surface area contributed by atoms with Gasteiger partial charge in [-0.05, 0) is 19.4 Å². The Morgan fingerprint density at radius 1 is 1.45 bits per heavy atom. The van der Waals surface area contributed by atoms with E-state index in [2.05, 4.69) is 5.32 Å². The monoisotopic (exact) mass is 280 g/mol. The van der Waals surface area contributed by atoms with Crippen LogP contribution in [0.15, 0.2) is 18.2 Å². The molecule has 0 aliphatic heterocycles. The summed E-state index contributed by atoms with van der Waals surface area (Å²) in [4.78, 5) is 32.9. The first-order valence-electron chi connectivity index (χ1n) is 6.12. The summed E-state index contributed by atoms with van der Waals surface area (Å²) in [6.45, 7) is 3.34. The summed E-state index contributed by atoms with van der Waals surface area (Å²) >= 11 is 0. The number of hydrogen-bond acceptors (Lipinski definition) is 4. The summed E-state index contributed by atoms with van der Waals surface area (Å²) in [5.74, 6) is -1.52. The number of carbonyl (C=O) groups excluding carboxylic acids is 1. The van der Waals surface area contributed by atoms with Gasteiger partial charge >= 0.3 is 5.97 Å². The van der Waals surface area contributed by atoms with Crippen LogP contribution in [0, 0.1) is 17.0 Å². The molecule has 1 amide bonds. The summed E-state index contributed by atoms with van der Waals surface area (Å²) < 4.78 is 0. The highest BCUT2D eigenvalue weighted by Crippen LogP contribution is 2.19. The number of nitro benzene ring substituents is 1.